The van der Waals surface area contributed by atoms with Crippen LogP contribution in [-0.4, -0.2) is 21.2 Å². The van der Waals surface area contributed by atoms with Crippen LogP contribution in [0.5, 0.6) is 5.75 Å². The molecule has 1 N–H and O–H groups in total. The van der Waals surface area contributed by atoms with Gasteiger partial charge in [-0.25, -0.2) is 4.79 Å². The summed E-state index contributed by atoms with van der Waals surface area (Å²) in [6.07, 6.45) is 0. The fourth-order valence-corrected chi connectivity index (χ4v) is 1.98. The maximum absolute atomic E-state index is 11.9. The van der Waals surface area contributed by atoms with Crippen molar-refractivity contribution in [3.63, 3.8) is 0 Å². The molecule has 1 aromatic heterocycles. The van der Waals surface area contributed by atoms with Gasteiger partial charge in [-0.15, -0.1) is 0 Å². The molecular weight excluding hydrogens is 296 g/mol. The summed E-state index contributed by atoms with van der Waals surface area (Å²) < 4.78 is 10.1. The van der Waals surface area contributed by atoms with Crippen LogP contribution in [0.2, 0.25) is 0 Å². The van der Waals surface area contributed by atoms with Gasteiger partial charge in [0.05, 0.1) is 0 Å². The van der Waals surface area contributed by atoms with Gasteiger partial charge in [-0.3, -0.25) is 0 Å². The number of carbonyl (C=O) groups excluding carboxylic acids is 1. The molecule has 0 amide bonds. The Balaban J connectivity index is 1.67. The fourth-order valence-electron chi connectivity index (χ4n) is 1.98. The van der Waals surface area contributed by atoms with Gasteiger partial charge >= 0.3 is 5.97 Å². The molecule has 3 aromatic rings. The number of benzene rings is 2. The quantitative estimate of drug-likeness (QED) is 0.745. The van der Waals surface area contributed by atoms with Crippen molar-refractivity contribution in [1.29, 1.82) is 0 Å². The molecule has 0 aliphatic heterocycles. The molecule has 0 radical (unpaired) electrons. The lowest BCUT2D eigenvalue weighted by Crippen LogP contribution is -2.05. The number of para-hydroxylation sites is 1. The first-order valence-electron chi connectivity index (χ1n) is 6.98. The molecule has 6 heteroatoms. The molecule has 6 nitrogen and oxygen atoms in total. The Bertz CT molecular complexity index is 825. The number of hydrogen-bond acceptors (Lipinski definition) is 6. The monoisotopic (exact) mass is 310 g/mol. The number of nitrogens with zero attached hydrogens (tertiary/aromatic N) is 2. The first kappa shape index (κ1) is 14.8. The number of ether oxygens (including phenoxy) is 1. The van der Waals surface area contributed by atoms with E-state index in [1.54, 1.807) is 12.1 Å². The van der Waals surface area contributed by atoms with Crippen LogP contribution in [-0.2, 0) is 11.3 Å². The molecule has 2 aromatic carbocycles. The largest absolute Gasteiger partial charge is 0.507 e. The van der Waals surface area contributed by atoms with Crippen LogP contribution >= 0.6 is 0 Å². The van der Waals surface area contributed by atoms with Crippen LogP contribution in [0.25, 0.3) is 11.4 Å². The van der Waals surface area contributed by atoms with Crippen LogP contribution < -0.4 is 0 Å². The molecule has 116 valence electrons. The fraction of sp³-hybridized carbons (Fsp3) is 0.118. The van der Waals surface area contributed by atoms with Crippen molar-refractivity contribution in [3.05, 3.63) is 65.5 Å². The smallest absolute Gasteiger partial charge is 0.342 e. The van der Waals surface area contributed by atoms with Crippen LogP contribution in [0, 0.1) is 6.92 Å². The molecule has 0 aliphatic carbocycles. The maximum atomic E-state index is 11.9. The highest BCUT2D eigenvalue weighted by molar-refractivity contribution is 5.92. The van der Waals surface area contributed by atoms with Crippen molar-refractivity contribution in [2.45, 2.75) is 13.5 Å². The Morgan fingerprint density at radius 2 is 1.91 bits per heavy atom. The average molecular weight is 310 g/mol. The number of aromatic hydroxyl groups is 1. The number of phenolic OH excluding ortho intramolecular Hbond substituents is 1. The second-order valence-corrected chi connectivity index (χ2v) is 4.97. The van der Waals surface area contributed by atoms with Gasteiger partial charge in [0.2, 0.25) is 5.82 Å². The molecule has 0 unspecified atom stereocenters. The molecule has 0 atom stereocenters. The minimum absolute atomic E-state index is 0.0887. The third-order valence-electron chi connectivity index (χ3n) is 3.23. The summed E-state index contributed by atoms with van der Waals surface area (Å²) in [6, 6.07) is 13.8. The summed E-state index contributed by atoms with van der Waals surface area (Å²) in [7, 11) is 0. The zero-order chi connectivity index (χ0) is 16.2. The van der Waals surface area contributed by atoms with Crippen LogP contribution in [0.15, 0.2) is 53.1 Å². The standard InChI is InChI=1S/C17H14N2O4/c1-11-6-8-12(9-7-11)16-18-15(23-19-16)10-22-17(21)13-4-2-3-5-14(13)20/h2-9,20H,10H2,1H3. The van der Waals surface area contributed by atoms with E-state index in [2.05, 4.69) is 10.1 Å². The molecular formula is C17H14N2O4. The van der Waals surface area contributed by atoms with Gasteiger partial charge in [-0.1, -0.05) is 47.1 Å². The zero-order valence-electron chi connectivity index (χ0n) is 12.4. The van der Waals surface area contributed by atoms with Gasteiger partial charge < -0.3 is 14.4 Å². The lowest BCUT2D eigenvalue weighted by molar-refractivity contribution is 0.0426. The molecule has 0 saturated carbocycles. The molecule has 3 rings (SSSR count). The van der Waals surface area contributed by atoms with E-state index in [-0.39, 0.29) is 23.8 Å². The van der Waals surface area contributed by atoms with Crippen molar-refractivity contribution in [2.24, 2.45) is 0 Å². The summed E-state index contributed by atoms with van der Waals surface area (Å²) in [5.41, 5.74) is 2.04. The Morgan fingerprint density at radius 3 is 2.65 bits per heavy atom. The number of carbonyl (C=O) groups is 1. The van der Waals surface area contributed by atoms with Crippen molar-refractivity contribution < 1.29 is 19.2 Å². The van der Waals surface area contributed by atoms with Gasteiger partial charge in [-0.05, 0) is 19.1 Å². The Hall–Kier alpha value is -3.15. The van der Waals surface area contributed by atoms with E-state index in [9.17, 15) is 9.90 Å². The normalized spacial score (nSPS) is 10.5. The lowest BCUT2D eigenvalue weighted by Gasteiger charge is -2.03. The van der Waals surface area contributed by atoms with Crippen molar-refractivity contribution in [1.82, 2.24) is 10.1 Å². The Labute approximate surface area is 132 Å². The number of hydrogen-bond donors (Lipinski definition) is 1. The number of rotatable bonds is 4. The summed E-state index contributed by atoms with van der Waals surface area (Å²) in [5.74, 6) is -0.176. The minimum Gasteiger partial charge on any atom is -0.507 e. The number of aryl methyl sites for hydroxylation is 1. The molecule has 1 heterocycles. The number of esters is 1. The molecule has 0 saturated heterocycles. The predicted molar refractivity (Wildman–Crippen MR) is 81.7 cm³/mol. The minimum atomic E-state index is -0.654. The summed E-state index contributed by atoms with van der Waals surface area (Å²) >= 11 is 0. The van der Waals surface area contributed by atoms with E-state index in [0.717, 1.165) is 11.1 Å². The van der Waals surface area contributed by atoms with E-state index in [1.165, 1.54) is 12.1 Å². The Morgan fingerprint density at radius 1 is 1.17 bits per heavy atom. The van der Waals surface area contributed by atoms with E-state index in [4.69, 9.17) is 9.26 Å². The van der Waals surface area contributed by atoms with Crippen molar-refractivity contribution in [3.8, 4) is 17.1 Å². The predicted octanol–water partition coefficient (Wildman–Crippen LogP) is 3.11. The summed E-state index contributed by atoms with van der Waals surface area (Å²) in [4.78, 5) is 16.1. The van der Waals surface area contributed by atoms with E-state index >= 15 is 0 Å². The van der Waals surface area contributed by atoms with Gasteiger partial charge in [0, 0.05) is 5.56 Å². The zero-order valence-corrected chi connectivity index (χ0v) is 12.4. The first-order chi connectivity index (χ1) is 11.1. The van der Waals surface area contributed by atoms with Crippen molar-refractivity contribution in [2.75, 3.05) is 0 Å². The molecule has 0 aliphatic rings. The van der Waals surface area contributed by atoms with Gasteiger partial charge in [0.25, 0.3) is 5.89 Å². The third kappa shape index (κ3) is 3.37. The van der Waals surface area contributed by atoms with Gasteiger partial charge in [-0.2, -0.15) is 4.98 Å². The highest BCUT2D eigenvalue weighted by Crippen LogP contribution is 2.19. The number of phenols is 1. The van der Waals surface area contributed by atoms with Crippen LogP contribution in [0.4, 0.5) is 0 Å². The topological polar surface area (TPSA) is 85.5 Å². The second kappa shape index (κ2) is 6.31. The maximum Gasteiger partial charge on any atom is 0.342 e. The molecule has 23 heavy (non-hydrogen) atoms. The number of aromatic nitrogens is 2. The highest BCUT2D eigenvalue weighted by Gasteiger charge is 2.14. The lowest BCUT2D eigenvalue weighted by atomic mass is 10.1. The van der Waals surface area contributed by atoms with Gasteiger partial charge in [0.1, 0.15) is 11.3 Å². The molecule has 0 fully saturated rings. The average Bonchev–Trinajstić information content (AvgIpc) is 3.03. The van der Waals surface area contributed by atoms with Crippen molar-refractivity contribution >= 4 is 5.97 Å². The SMILES string of the molecule is Cc1ccc(-c2noc(COC(=O)c3ccccc3O)n2)cc1. The molecule has 0 bridgehead atoms. The van der Waals surface area contributed by atoms with E-state index in [1.807, 2.05) is 31.2 Å². The Kier molecular flexibility index (Phi) is 4.05. The van der Waals surface area contributed by atoms with E-state index in [0.29, 0.717) is 5.82 Å². The second-order valence-electron chi connectivity index (χ2n) is 4.97. The van der Waals surface area contributed by atoms with Crippen LogP contribution in [0.1, 0.15) is 21.8 Å². The molecule has 0 spiro atoms. The van der Waals surface area contributed by atoms with Crippen LogP contribution in [0.3, 0.4) is 0 Å². The highest BCUT2D eigenvalue weighted by atomic mass is 16.6. The first-order valence-corrected chi connectivity index (χ1v) is 6.98. The summed E-state index contributed by atoms with van der Waals surface area (Å²) in [5, 5.41) is 13.5. The van der Waals surface area contributed by atoms with E-state index < -0.39 is 5.97 Å². The summed E-state index contributed by atoms with van der Waals surface area (Å²) in [6.45, 7) is 1.83. The third-order valence-corrected chi connectivity index (χ3v) is 3.23. The van der Waals surface area contributed by atoms with Gasteiger partial charge in [0.15, 0.2) is 6.61 Å².